The van der Waals surface area contributed by atoms with E-state index in [1.165, 1.54) is 26.4 Å². The molecule has 0 aliphatic heterocycles. The smallest absolute Gasteiger partial charge is 0.251 e. The predicted molar refractivity (Wildman–Crippen MR) is 82.0 cm³/mol. The zero-order chi connectivity index (χ0) is 15.9. The van der Waals surface area contributed by atoms with Crippen LogP contribution in [-0.2, 0) is 6.42 Å². The first kappa shape index (κ1) is 15.8. The maximum absolute atomic E-state index is 12.8. The van der Waals surface area contributed by atoms with Crippen molar-refractivity contribution < 1.29 is 18.7 Å². The van der Waals surface area contributed by atoms with Crippen molar-refractivity contribution in [2.45, 2.75) is 6.42 Å². The van der Waals surface area contributed by atoms with Crippen LogP contribution in [0.5, 0.6) is 11.5 Å². The lowest BCUT2D eigenvalue weighted by atomic mass is 10.1. The van der Waals surface area contributed by atoms with Gasteiger partial charge in [-0.05, 0) is 36.2 Å². The van der Waals surface area contributed by atoms with Gasteiger partial charge in [0.2, 0.25) is 0 Å². The van der Waals surface area contributed by atoms with E-state index in [0.717, 1.165) is 5.56 Å². The Balaban J connectivity index is 1.95. The Morgan fingerprint density at radius 3 is 2.18 bits per heavy atom. The van der Waals surface area contributed by atoms with Gasteiger partial charge in [0.1, 0.15) is 17.3 Å². The van der Waals surface area contributed by atoms with Gasteiger partial charge < -0.3 is 14.8 Å². The lowest BCUT2D eigenvalue weighted by Crippen LogP contribution is -2.25. The first-order valence-electron chi connectivity index (χ1n) is 6.88. The highest BCUT2D eigenvalue weighted by atomic mass is 19.1. The molecule has 5 heteroatoms. The van der Waals surface area contributed by atoms with Gasteiger partial charge in [-0.25, -0.2) is 4.39 Å². The van der Waals surface area contributed by atoms with Gasteiger partial charge in [0, 0.05) is 18.2 Å². The Bertz CT molecular complexity index is 619. The Morgan fingerprint density at radius 2 is 1.64 bits per heavy atom. The molecule has 0 saturated carbocycles. The molecule has 1 amide bonds. The van der Waals surface area contributed by atoms with Crippen LogP contribution in [0.4, 0.5) is 4.39 Å². The Labute approximate surface area is 128 Å². The molecule has 22 heavy (non-hydrogen) atoms. The molecule has 2 aromatic carbocycles. The molecule has 2 aromatic rings. The average Bonchev–Trinajstić information content (AvgIpc) is 2.56. The van der Waals surface area contributed by atoms with E-state index in [2.05, 4.69) is 5.32 Å². The number of hydrogen-bond acceptors (Lipinski definition) is 3. The van der Waals surface area contributed by atoms with Crippen LogP contribution in [0.25, 0.3) is 0 Å². The Morgan fingerprint density at radius 1 is 1.05 bits per heavy atom. The molecular weight excluding hydrogens is 285 g/mol. The summed E-state index contributed by atoms with van der Waals surface area (Å²) in [5.74, 6) is 0.640. The highest BCUT2D eigenvalue weighted by Crippen LogP contribution is 2.22. The minimum absolute atomic E-state index is 0.209. The number of carbonyl (C=O) groups is 1. The van der Waals surface area contributed by atoms with Gasteiger partial charge in [-0.2, -0.15) is 0 Å². The average molecular weight is 303 g/mol. The van der Waals surface area contributed by atoms with Crippen molar-refractivity contribution in [2.24, 2.45) is 0 Å². The van der Waals surface area contributed by atoms with Crippen LogP contribution in [-0.4, -0.2) is 26.7 Å². The van der Waals surface area contributed by atoms with E-state index < -0.39 is 0 Å². The van der Waals surface area contributed by atoms with E-state index in [9.17, 15) is 9.18 Å². The van der Waals surface area contributed by atoms with Gasteiger partial charge in [0.25, 0.3) is 5.91 Å². The SMILES string of the molecule is COc1cc(OC)cc(C(=O)NCCc2ccc(F)cc2)c1. The van der Waals surface area contributed by atoms with E-state index in [1.54, 1.807) is 30.3 Å². The zero-order valence-corrected chi connectivity index (χ0v) is 12.6. The van der Waals surface area contributed by atoms with Crippen LogP contribution >= 0.6 is 0 Å². The van der Waals surface area contributed by atoms with Gasteiger partial charge in [-0.15, -0.1) is 0 Å². The number of methoxy groups -OCH3 is 2. The first-order valence-corrected chi connectivity index (χ1v) is 6.88. The van der Waals surface area contributed by atoms with Crippen LogP contribution in [0.1, 0.15) is 15.9 Å². The van der Waals surface area contributed by atoms with Gasteiger partial charge in [-0.1, -0.05) is 12.1 Å². The monoisotopic (exact) mass is 303 g/mol. The summed E-state index contributed by atoms with van der Waals surface area (Å²) in [6.45, 7) is 0.462. The highest BCUT2D eigenvalue weighted by molar-refractivity contribution is 5.95. The maximum atomic E-state index is 12.8. The van der Waals surface area contributed by atoms with Crippen molar-refractivity contribution in [1.29, 1.82) is 0 Å². The van der Waals surface area contributed by atoms with Crippen LogP contribution < -0.4 is 14.8 Å². The molecule has 116 valence electrons. The zero-order valence-electron chi connectivity index (χ0n) is 12.6. The maximum Gasteiger partial charge on any atom is 0.251 e. The summed E-state index contributed by atoms with van der Waals surface area (Å²) in [5, 5.41) is 2.82. The fourth-order valence-corrected chi connectivity index (χ4v) is 2.01. The summed E-state index contributed by atoms with van der Waals surface area (Å²) < 4.78 is 23.1. The normalized spacial score (nSPS) is 10.1. The fourth-order valence-electron chi connectivity index (χ4n) is 2.01. The molecule has 0 unspecified atom stereocenters. The number of hydrogen-bond donors (Lipinski definition) is 1. The molecule has 0 aliphatic carbocycles. The molecule has 1 N–H and O–H groups in total. The third kappa shape index (κ3) is 4.22. The van der Waals surface area contributed by atoms with Crippen LogP contribution in [0, 0.1) is 5.82 Å². The molecule has 0 atom stereocenters. The van der Waals surface area contributed by atoms with Crippen LogP contribution in [0.3, 0.4) is 0 Å². The minimum Gasteiger partial charge on any atom is -0.497 e. The van der Waals surface area contributed by atoms with E-state index in [-0.39, 0.29) is 11.7 Å². The molecule has 0 fully saturated rings. The predicted octanol–water partition coefficient (Wildman–Crippen LogP) is 2.82. The fraction of sp³-hybridized carbons (Fsp3) is 0.235. The van der Waals surface area contributed by atoms with E-state index in [4.69, 9.17) is 9.47 Å². The van der Waals surface area contributed by atoms with Crippen molar-refractivity contribution in [2.75, 3.05) is 20.8 Å². The molecule has 0 aromatic heterocycles. The van der Waals surface area contributed by atoms with Crippen molar-refractivity contribution in [3.05, 3.63) is 59.4 Å². The molecule has 2 rings (SSSR count). The number of carbonyl (C=O) groups excluding carboxylic acids is 1. The quantitative estimate of drug-likeness (QED) is 0.892. The van der Waals surface area contributed by atoms with E-state index in [1.807, 2.05) is 0 Å². The van der Waals surface area contributed by atoms with Gasteiger partial charge in [0.05, 0.1) is 14.2 Å². The van der Waals surface area contributed by atoms with Gasteiger partial charge >= 0.3 is 0 Å². The third-order valence-electron chi connectivity index (χ3n) is 3.23. The summed E-state index contributed by atoms with van der Waals surface area (Å²) in [6.07, 6.45) is 0.632. The number of nitrogens with one attached hydrogen (secondary N) is 1. The van der Waals surface area contributed by atoms with Crippen molar-refractivity contribution in [3.8, 4) is 11.5 Å². The number of rotatable bonds is 6. The second-order valence-corrected chi connectivity index (χ2v) is 4.73. The number of benzene rings is 2. The standard InChI is InChI=1S/C17H18FNO3/c1-21-15-9-13(10-16(11-15)22-2)17(20)19-8-7-12-3-5-14(18)6-4-12/h3-6,9-11H,7-8H2,1-2H3,(H,19,20). The van der Waals surface area contributed by atoms with Gasteiger partial charge in [-0.3, -0.25) is 4.79 Å². The molecule has 0 spiro atoms. The molecular formula is C17H18FNO3. The largest absolute Gasteiger partial charge is 0.497 e. The highest BCUT2D eigenvalue weighted by Gasteiger charge is 2.09. The molecule has 0 radical (unpaired) electrons. The molecule has 0 saturated heterocycles. The second-order valence-electron chi connectivity index (χ2n) is 4.73. The summed E-state index contributed by atoms with van der Waals surface area (Å²) in [6, 6.07) is 11.2. The molecule has 0 aliphatic rings. The summed E-state index contributed by atoms with van der Waals surface area (Å²) in [4.78, 5) is 12.1. The van der Waals surface area contributed by atoms with E-state index in [0.29, 0.717) is 30.0 Å². The second kappa shape index (κ2) is 7.45. The van der Waals surface area contributed by atoms with Crippen molar-refractivity contribution in [1.82, 2.24) is 5.32 Å². The third-order valence-corrected chi connectivity index (χ3v) is 3.23. The van der Waals surface area contributed by atoms with Gasteiger partial charge in [0.15, 0.2) is 0 Å². The van der Waals surface area contributed by atoms with Crippen molar-refractivity contribution >= 4 is 5.91 Å². The number of ether oxygens (including phenoxy) is 2. The molecule has 0 bridgehead atoms. The van der Waals surface area contributed by atoms with E-state index >= 15 is 0 Å². The first-order chi connectivity index (χ1) is 10.6. The molecule has 0 heterocycles. The summed E-state index contributed by atoms with van der Waals surface area (Å²) >= 11 is 0. The van der Waals surface area contributed by atoms with Crippen molar-refractivity contribution in [3.63, 3.8) is 0 Å². The number of halogens is 1. The number of amides is 1. The summed E-state index contributed by atoms with van der Waals surface area (Å²) in [7, 11) is 3.07. The Hall–Kier alpha value is -2.56. The topological polar surface area (TPSA) is 47.6 Å². The summed E-state index contributed by atoms with van der Waals surface area (Å²) in [5.41, 5.74) is 1.43. The molecule has 4 nitrogen and oxygen atoms in total. The Kier molecular flexibility index (Phi) is 5.36. The lowest BCUT2D eigenvalue weighted by Gasteiger charge is -2.09. The van der Waals surface area contributed by atoms with Crippen LogP contribution in [0.2, 0.25) is 0 Å². The lowest BCUT2D eigenvalue weighted by molar-refractivity contribution is 0.0953. The minimum atomic E-state index is -0.267. The van der Waals surface area contributed by atoms with Crippen LogP contribution in [0.15, 0.2) is 42.5 Å².